The van der Waals surface area contributed by atoms with Crippen molar-refractivity contribution in [2.45, 2.75) is 19.7 Å². The van der Waals surface area contributed by atoms with Crippen molar-refractivity contribution in [1.29, 1.82) is 0 Å². The maximum Gasteiger partial charge on any atom is 0.417 e. The van der Waals surface area contributed by atoms with Gasteiger partial charge in [-0.2, -0.15) is 18.3 Å². The molecule has 0 atom stereocenters. The van der Waals surface area contributed by atoms with Crippen LogP contribution in [0.3, 0.4) is 0 Å². The summed E-state index contributed by atoms with van der Waals surface area (Å²) in [5.41, 5.74) is 2.07. The van der Waals surface area contributed by atoms with Gasteiger partial charge in [0.05, 0.1) is 23.9 Å². The highest BCUT2D eigenvalue weighted by Crippen LogP contribution is 2.32. The Morgan fingerprint density at radius 3 is 2.45 bits per heavy atom. The first-order chi connectivity index (χ1) is 15.8. The first-order valence-corrected chi connectivity index (χ1v) is 10.3. The first-order valence-electron chi connectivity index (χ1n) is 9.91. The summed E-state index contributed by atoms with van der Waals surface area (Å²) in [5.74, 6) is 0.00312. The molecule has 0 aliphatic heterocycles. The lowest BCUT2D eigenvalue weighted by atomic mass is 10.1. The second-order valence-electron chi connectivity index (χ2n) is 6.80. The zero-order valence-corrected chi connectivity index (χ0v) is 18.3. The SMILES string of the molecule is CCOc1cc(/C=N/NC(=O)c2ccccc2C(F)(F)F)ccc1OCc1ccc(Cl)cc1. The van der Waals surface area contributed by atoms with Crippen LogP contribution in [0.1, 0.15) is 34.0 Å². The minimum Gasteiger partial charge on any atom is -0.490 e. The lowest BCUT2D eigenvalue weighted by molar-refractivity contribution is -0.137. The molecule has 0 fully saturated rings. The van der Waals surface area contributed by atoms with Crippen LogP contribution in [-0.2, 0) is 12.8 Å². The monoisotopic (exact) mass is 476 g/mol. The van der Waals surface area contributed by atoms with E-state index in [1.165, 1.54) is 18.3 Å². The maximum absolute atomic E-state index is 13.1. The number of hydrazone groups is 1. The van der Waals surface area contributed by atoms with Gasteiger partial charge in [0, 0.05) is 5.02 Å². The van der Waals surface area contributed by atoms with E-state index in [-0.39, 0.29) is 0 Å². The van der Waals surface area contributed by atoms with Crippen LogP contribution in [0.25, 0.3) is 0 Å². The number of amides is 1. The molecule has 3 rings (SSSR count). The first kappa shape index (κ1) is 24.1. The van der Waals surface area contributed by atoms with Crippen LogP contribution in [0.2, 0.25) is 5.02 Å². The number of ether oxygens (including phenoxy) is 2. The van der Waals surface area contributed by atoms with Crippen LogP contribution < -0.4 is 14.9 Å². The fourth-order valence-electron chi connectivity index (χ4n) is 2.89. The Bertz CT molecular complexity index is 1130. The van der Waals surface area contributed by atoms with Crippen molar-refractivity contribution in [1.82, 2.24) is 5.43 Å². The molecule has 33 heavy (non-hydrogen) atoms. The number of nitrogens with zero attached hydrogens (tertiary/aromatic N) is 1. The van der Waals surface area contributed by atoms with Gasteiger partial charge in [-0.1, -0.05) is 35.9 Å². The van der Waals surface area contributed by atoms with E-state index in [0.29, 0.717) is 35.3 Å². The predicted octanol–water partition coefficient (Wildman–Crippen LogP) is 6.10. The molecular weight excluding hydrogens is 457 g/mol. The van der Waals surface area contributed by atoms with Gasteiger partial charge in [0.15, 0.2) is 11.5 Å². The average molecular weight is 477 g/mol. The largest absolute Gasteiger partial charge is 0.490 e. The van der Waals surface area contributed by atoms with E-state index in [1.54, 1.807) is 30.3 Å². The minimum absolute atomic E-state index is 0.305. The van der Waals surface area contributed by atoms with E-state index in [2.05, 4.69) is 10.5 Å². The molecule has 3 aromatic rings. The lowest BCUT2D eigenvalue weighted by Crippen LogP contribution is -2.22. The number of rotatable bonds is 8. The molecule has 1 N–H and O–H groups in total. The van der Waals surface area contributed by atoms with Gasteiger partial charge >= 0.3 is 6.18 Å². The molecule has 0 bridgehead atoms. The third kappa shape index (κ3) is 6.73. The number of nitrogens with one attached hydrogen (secondary N) is 1. The Morgan fingerprint density at radius 1 is 1.03 bits per heavy atom. The van der Waals surface area contributed by atoms with E-state index in [9.17, 15) is 18.0 Å². The molecular formula is C24H20ClF3N2O3. The molecule has 1 amide bonds. The molecule has 0 radical (unpaired) electrons. The van der Waals surface area contributed by atoms with Crippen molar-refractivity contribution >= 4 is 23.7 Å². The Labute approximate surface area is 193 Å². The van der Waals surface area contributed by atoms with Crippen LogP contribution >= 0.6 is 11.6 Å². The summed E-state index contributed by atoms with van der Waals surface area (Å²) in [5, 5.41) is 4.40. The highest BCUT2D eigenvalue weighted by atomic mass is 35.5. The Morgan fingerprint density at radius 2 is 1.76 bits per heavy atom. The number of carbonyl (C=O) groups excluding carboxylic acids is 1. The molecule has 0 heterocycles. The number of hydrogen-bond donors (Lipinski definition) is 1. The highest BCUT2D eigenvalue weighted by molar-refractivity contribution is 6.30. The van der Waals surface area contributed by atoms with E-state index >= 15 is 0 Å². The lowest BCUT2D eigenvalue weighted by Gasteiger charge is -2.13. The third-order valence-corrected chi connectivity index (χ3v) is 4.68. The maximum atomic E-state index is 13.1. The second kappa shape index (κ2) is 10.9. The molecule has 0 aliphatic rings. The van der Waals surface area contributed by atoms with E-state index < -0.39 is 23.2 Å². The van der Waals surface area contributed by atoms with Crippen molar-refractivity contribution in [3.8, 4) is 11.5 Å². The topological polar surface area (TPSA) is 59.9 Å². The molecule has 3 aromatic carbocycles. The fourth-order valence-corrected chi connectivity index (χ4v) is 3.01. The molecule has 0 unspecified atom stereocenters. The van der Waals surface area contributed by atoms with Crippen molar-refractivity contribution in [3.05, 3.63) is 94.0 Å². The van der Waals surface area contributed by atoms with Crippen molar-refractivity contribution < 1.29 is 27.4 Å². The molecule has 0 saturated heterocycles. The molecule has 0 aliphatic carbocycles. The van der Waals surface area contributed by atoms with Gasteiger partial charge in [0.25, 0.3) is 5.91 Å². The summed E-state index contributed by atoms with van der Waals surface area (Å²) in [6, 6.07) is 16.8. The van der Waals surface area contributed by atoms with E-state index in [4.69, 9.17) is 21.1 Å². The summed E-state index contributed by atoms with van der Waals surface area (Å²) in [4.78, 5) is 12.2. The molecule has 0 spiro atoms. The van der Waals surface area contributed by atoms with E-state index in [1.807, 2.05) is 19.1 Å². The minimum atomic E-state index is -4.65. The molecule has 5 nitrogen and oxygen atoms in total. The van der Waals surface area contributed by atoms with Crippen LogP contribution in [0, 0.1) is 0 Å². The highest BCUT2D eigenvalue weighted by Gasteiger charge is 2.34. The standard InChI is InChI=1S/C24H20ClF3N2O3/c1-2-32-22-13-17(9-12-21(22)33-15-16-7-10-18(25)11-8-16)14-29-30-23(31)19-5-3-4-6-20(19)24(26,27)28/h3-14H,2,15H2,1H3,(H,30,31)/b29-14+. The summed E-state index contributed by atoms with van der Waals surface area (Å²) in [7, 11) is 0. The molecule has 9 heteroatoms. The molecule has 0 saturated carbocycles. The average Bonchev–Trinajstić information content (AvgIpc) is 2.79. The van der Waals surface area contributed by atoms with Gasteiger partial charge in [-0.25, -0.2) is 5.43 Å². The summed E-state index contributed by atoms with van der Waals surface area (Å²) < 4.78 is 50.7. The van der Waals surface area contributed by atoms with Gasteiger partial charge < -0.3 is 9.47 Å². The number of halogens is 4. The Hall–Kier alpha value is -3.52. The van der Waals surface area contributed by atoms with Gasteiger partial charge in [-0.15, -0.1) is 0 Å². The summed E-state index contributed by atoms with van der Waals surface area (Å²) >= 11 is 5.89. The summed E-state index contributed by atoms with van der Waals surface area (Å²) in [6.45, 7) is 2.52. The van der Waals surface area contributed by atoms with Gasteiger partial charge in [0.1, 0.15) is 6.61 Å². The Kier molecular flexibility index (Phi) is 7.95. The Balaban J connectivity index is 1.69. The normalized spacial score (nSPS) is 11.4. The van der Waals surface area contributed by atoms with Gasteiger partial charge in [-0.3, -0.25) is 4.79 Å². The van der Waals surface area contributed by atoms with E-state index in [0.717, 1.165) is 17.7 Å². The van der Waals surface area contributed by atoms with Gasteiger partial charge in [-0.05, 0) is 60.5 Å². The fraction of sp³-hybridized carbons (Fsp3) is 0.167. The number of carbonyl (C=O) groups is 1. The second-order valence-corrected chi connectivity index (χ2v) is 7.23. The van der Waals surface area contributed by atoms with Crippen LogP contribution in [0.5, 0.6) is 11.5 Å². The number of hydrogen-bond acceptors (Lipinski definition) is 4. The third-order valence-electron chi connectivity index (χ3n) is 4.43. The predicted molar refractivity (Wildman–Crippen MR) is 120 cm³/mol. The van der Waals surface area contributed by atoms with Crippen molar-refractivity contribution in [2.75, 3.05) is 6.61 Å². The van der Waals surface area contributed by atoms with Crippen LogP contribution in [-0.4, -0.2) is 18.7 Å². The summed E-state index contributed by atoms with van der Waals surface area (Å²) in [6.07, 6.45) is -3.34. The quantitative estimate of drug-likeness (QED) is 0.315. The van der Waals surface area contributed by atoms with Crippen molar-refractivity contribution in [2.24, 2.45) is 5.10 Å². The number of alkyl halides is 3. The number of benzene rings is 3. The zero-order chi connectivity index (χ0) is 23.8. The van der Waals surface area contributed by atoms with Crippen LogP contribution in [0.4, 0.5) is 13.2 Å². The smallest absolute Gasteiger partial charge is 0.417 e. The van der Waals surface area contributed by atoms with Crippen LogP contribution in [0.15, 0.2) is 71.8 Å². The van der Waals surface area contributed by atoms with Gasteiger partial charge in [0.2, 0.25) is 0 Å². The zero-order valence-electron chi connectivity index (χ0n) is 17.5. The molecule has 0 aromatic heterocycles. The molecule has 172 valence electrons. The van der Waals surface area contributed by atoms with Crippen molar-refractivity contribution in [3.63, 3.8) is 0 Å².